The van der Waals surface area contributed by atoms with E-state index in [2.05, 4.69) is 6.07 Å². The van der Waals surface area contributed by atoms with Crippen molar-refractivity contribution in [2.24, 2.45) is 5.92 Å². The summed E-state index contributed by atoms with van der Waals surface area (Å²) in [7, 11) is 1.29. The van der Waals surface area contributed by atoms with Crippen LogP contribution in [0.4, 0.5) is 0 Å². The fraction of sp³-hybridized carbons (Fsp3) is 0.500. The topological polar surface area (TPSA) is 99.8 Å². The minimum Gasteiger partial charge on any atom is -0.666 e. The largest absolute Gasteiger partial charge is 0.666 e. The van der Waals surface area contributed by atoms with E-state index in [1.807, 2.05) is 30.3 Å². The van der Waals surface area contributed by atoms with Gasteiger partial charge in [0.1, 0.15) is 12.2 Å². The molecule has 0 saturated carbocycles. The van der Waals surface area contributed by atoms with E-state index in [1.54, 1.807) is 0 Å². The summed E-state index contributed by atoms with van der Waals surface area (Å²) in [5.41, 5.74) is 6.91. The minimum absolute atomic E-state index is 0. The Labute approximate surface area is 149 Å². The van der Waals surface area contributed by atoms with Crippen LogP contribution in [-0.2, 0) is 47.0 Å². The van der Waals surface area contributed by atoms with Gasteiger partial charge < -0.3 is 30.2 Å². The summed E-state index contributed by atoms with van der Waals surface area (Å²) in [6.07, 6.45) is -4.41. The quantitative estimate of drug-likeness (QED) is 0.750. The van der Waals surface area contributed by atoms with Gasteiger partial charge in [-0.3, -0.25) is 0 Å². The summed E-state index contributed by atoms with van der Waals surface area (Å²) < 4.78 is 9.76. The number of amides is 1. The van der Waals surface area contributed by atoms with Crippen LogP contribution in [0.2, 0.25) is 0 Å². The molecule has 1 radical (unpaired) electrons. The molecule has 1 aromatic carbocycles. The van der Waals surface area contributed by atoms with Crippen molar-refractivity contribution in [3.05, 3.63) is 42.1 Å². The smallest absolute Gasteiger partial charge is 0.186 e. The zero-order valence-corrected chi connectivity index (χ0v) is 14.8. The maximum Gasteiger partial charge on any atom is 0.186 e. The van der Waals surface area contributed by atoms with E-state index in [9.17, 15) is 15.0 Å². The fourth-order valence-corrected chi connectivity index (χ4v) is 1.84. The maximum atomic E-state index is 10.8. The summed E-state index contributed by atoms with van der Waals surface area (Å²) in [5.74, 6) is -1.54. The third-order valence-corrected chi connectivity index (χ3v) is 3.02. The molecule has 1 fully saturated rings. The Morgan fingerprint density at radius 1 is 1.24 bits per heavy atom. The van der Waals surface area contributed by atoms with Gasteiger partial charge in [-0.2, -0.15) is 36.4 Å². The van der Waals surface area contributed by atoms with E-state index >= 15 is 0 Å². The Kier molecular flexibility index (Phi) is 10.2. The van der Waals surface area contributed by atoms with Crippen LogP contribution in [0.25, 0.3) is 5.73 Å². The van der Waals surface area contributed by atoms with Gasteiger partial charge in [0.05, 0.1) is 12.0 Å². The van der Waals surface area contributed by atoms with Gasteiger partial charge in [0.2, 0.25) is 0 Å². The van der Waals surface area contributed by atoms with Gasteiger partial charge in [-0.05, 0) is 0 Å². The molecule has 5 atom stereocenters. The molecular weight excluding hydrogens is 351 g/mol. The Morgan fingerprint density at radius 3 is 2.14 bits per heavy atom. The van der Waals surface area contributed by atoms with Gasteiger partial charge in [-0.1, -0.05) is 6.92 Å². The van der Waals surface area contributed by atoms with Crippen LogP contribution in [0.3, 0.4) is 0 Å². The molecule has 115 valence electrons. The molecule has 0 aliphatic carbocycles. The minimum atomic E-state index is -1.19. The van der Waals surface area contributed by atoms with Gasteiger partial charge >= 0.3 is 0 Å². The van der Waals surface area contributed by atoms with Crippen molar-refractivity contribution < 1.29 is 57.2 Å². The third-order valence-electron chi connectivity index (χ3n) is 3.02. The molecule has 1 aliphatic heterocycles. The SMILES string of the molecule is COC1OC(C([NH-])=O)C(C)C(O)C1O.[Y].[c-]1ccccc1. The number of hydrogen-bond donors (Lipinski definition) is 2. The van der Waals surface area contributed by atoms with Gasteiger partial charge in [-0.25, -0.2) is 0 Å². The number of hydrogen-bond acceptors (Lipinski definition) is 5. The average molecular weight is 370 g/mol. The predicted octanol–water partition coefficient (Wildman–Crippen LogP) is 0.779. The summed E-state index contributed by atoms with van der Waals surface area (Å²) in [5, 5.41) is 19.0. The van der Waals surface area contributed by atoms with Crippen molar-refractivity contribution in [1.82, 2.24) is 0 Å². The van der Waals surface area contributed by atoms with Gasteiger partial charge in [0.15, 0.2) is 6.29 Å². The average Bonchev–Trinajstić information content (AvgIpc) is 2.47. The second-order valence-corrected chi connectivity index (χ2v) is 4.44. The molecule has 1 heterocycles. The standard InChI is InChI=1S/C8H15NO5.C6H5.Y/c1-3-4(10)5(11)8(13-2)14-6(3)7(9)12;1-2-4-6-5-3-1;/h3-6,8,10-11H,1-2H3,(H2,9,12);1-5H;/q;-1;/p-1. The number of carbonyl (C=O) groups is 1. The summed E-state index contributed by atoms with van der Waals surface area (Å²) in [6, 6.07) is 12.5. The van der Waals surface area contributed by atoms with Crippen LogP contribution in [0, 0.1) is 12.0 Å². The molecule has 7 heteroatoms. The van der Waals surface area contributed by atoms with E-state index in [1.165, 1.54) is 14.0 Å². The molecule has 0 aromatic heterocycles. The second kappa shape index (κ2) is 10.4. The molecule has 21 heavy (non-hydrogen) atoms. The number of rotatable bonds is 2. The molecule has 0 bridgehead atoms. The van der Waals surface area contributed by atoms with Crippen LogP contribution in [0.15, 0.2) is 30.3 Å². The second-order valence-electron chi connectivity index (χ2n) is 4.44. The summed E-state index contributed by atoms with van der Waals surface area (Å²) >= 11 is 0. The number of nitrogens with one attached hydrogen (secondary N) is 1. The molecule has 1 saturated heterocycles. The van der Waals surface area contributed by atoms with E-state index < -0.39 is 36.4 Å². The van der Waals surface area contributed by atoms with Gasteiger partial charge in [0.25, 0.3) is 0 Å². The van der Waals surface area contributed by atoms with E-state index in [4.69, 9.17) is 15.2 Å². The maximum absolute atomic E-state index is 10.8. The number of methoxy groups -OCH3 is 1. The molecule has 2 rings (SSSR count). The normalized spacial score (nSPS) is 31.3. The monoisotopic (exact) mass is 370 g/mol. The number of benzene rings is 1. The van der Waals surface area contributed by atoms with Crippen molar-refractivity contribution in [3.63, 3.8) is 0 Å². The Morgan fingerprint density at radius 2 is 1.81 bits per heavy atom. The number of carbonyl (C=O) groups excluding carboxylic acids is 1. The molecule has 1 aliphatic rings. The Hall–Kier alpha value is -0.366. The molecule has 5 unspecified atom stereocenters. The summed E-state index contributed by atoms with van der Waals surface area (Å²) in [4.78, 5) is 10.8. The van der Waals surface area contributed by atoms with Gasteiger partial charge in [0, 0.05) is 45.7 Å². The van der Waals surface area contributed by atoms with Crippen molar-refractivity contribution in [3.8, 4) is 0 Å². The van der Waals surface area contributed by atoms with E-state index in [0.717, 1.165) is 0 Å². The van der Waals surface area contributed by atoms with Crippen LogP contribution in [-0.4, -0.2) is 47.8 Å². The number of ether oxygens (including phenoxy) is 2. The van der Waals surface area contributed by atoms with Crippen molar-refractivity contribution >= 4 is 5.91 Å². The van der Waals surface area contributed by atoms with Crippen LogP contribution in [0.1, 0.15) is 6.92 Å². The van der Waals surface area contributed by atoms with Crippen molar-refractivity contribution in [2.75, 3.05) is 7.11 Å². The first-order valence-electron chi connectivity index (χ1n) is 6.20. The van der Waals surface area contributed by atoms with Crippen molar-refractivity contribution in [1.29, 1.82) is 0 Å². The molecule has 1 aromatic rings. The summed E-state index contributed by atoms with van der Waals surface area (Å²) in [6.45, 7) is 1.54. The first-order chi connectivity index (χ1) is 9.49. The van der Waals surface area contributed by atoms with E-state index in [-0.39, 0.29) is 32.7 Å². The third kappa shape index (κ3) is 6.10. The Balaban J connectivity index is 0.000000480. The van der Waals surface area contributed by atoms with Crippen molar-refractivity contribution in [2.45, 2.75) is 31.5 Å². The Bertz CT molecular complexity index is 377. The van der Waals surface area contributed by atoms with Crippen LogP contribution < -0.4 is 0 Å². The predicted molar refractivity (Wildman–Crippen MR) is 71.5 cm³/mol. The first kappa shape index (κ1) is 20.6. The van der Waals surface area contributed by atoms with Gasteiger partial charge in [-0.15, -0.1) is 0 Å². The molecule has 6 nitrogen and oxygen atoms in total. The first-order valence-corrected chi connectivity index (χ1v) is 6.20. The van der Waals surface area contributed by atoms with Crippen LogP contribution >= 0.6 is 0 Å². The number of aliphatic hydroxyl groups is 2. The number of aliphatic hydroxyl groups excluding tert-OH is 2. The van der Waals surface area contributed by atoms with E-state index in [0.29, 0.717) is 0 Å². The zero-order valence-electron chi connectivity index (χ0n) is 12.0. The molecular formula is C14H19NO5Y-2. The zero-order chi connectivity index (χ0) is 15.1. The molecule has 0 spiro atoms. The van der Waals surface area contributed by atoms with Crippen LogP contribution in [0.5, 0.6) is 0 Å². The molecule has 1 amide bonds. The fourth-order valence-electron chi connectivity index (χ4n) is 1.84. The molecule has 3 N–H and O–H groups in total.